The van der Waals surface area contributed by atoms with E-state index in [-0.39, 0.29) is 12.1 Å². The van der Waals surface area contributed by atoms with Crippen molar-refractivity contribution in [2.24, 2.45) is 11.7 Å². The van der Waals surface area contributed by atoms with Crippen molar-refractivity contribution >= 4 is 0 Å². The van der Waals surface area contributed by atoms with Crippen molar-refractivity contribution in [2.45, 2.75) is 63.4 Å². The molecule has 0 aromatic rings. The highest BCUT2D eigenvalue weighted by molar-refractivity contribution is 4.88. The molecule has 3 N–H and O–H groups in total. The zero-order chi connectivity index (χ0) is 12.5. The lowest BCUT2D eigenvalue weighted by molar-refractivity contribution is -0.169. The van der Waals surface area contributed by atoms with Gasteiger partial charge in [-0.25, -0.2) is 0 Å². The third-order valence-corrected chi connectivity index (χ3v) is 3.95. The molecule has 100 valence electrons. The standard InChI is InChI=1S/C13H25NO3/c1-9-5-11(6-9)17-8-13(2,15)12-4-3-10(14)7-16-12/h9-12,15H,3-8,14H2,1-2H3/t9?,10-,11?,12+,13?/m1/s1. The maximum Gasteiger partial charge on any atom is 0.111 e. The van der Waals surface area contributed by atoms with Crippen LogP contribution < -0.4 is 5.73 Å². The predicted octanol–water partition coefficient (Wildman–Crippen LogP) is 1.06. The van der Waals surface area contributed by atoms with Gasteiger partial charge >= 0.3 is 0 Å². The highest BCUT2D eigenvalue weighted by atomic mass is 16.5. The van der Waals surface area contributed by atoms with E-state index < -0.39 is 5.60 Å². The van der Waals surface area contributed by atoms with Crippen molar-refractivity contribution in [1.29, 1.82) is 0 Å². The molecule has 0 spiro atoms. The second-order valence-electron chi connectivity index (χ2n) is 6.03. The van der Waals surface area contributed by atoms with Gasteiger partial charge in [-0.15, -0.1) is 0 Å². The van der Waals surface area contributed by atoms with Gasteiger partial charge < -0.3 is 20.3 Å². The summed E-state index contributed by atoms with van der Waals surface area (Å²) < 4.78 is 11.3. The number of hydrogen-bond acceptors (Lipinski definition) is 4. The average molecular weight is 243 g/mol. The number of rotatable bonds is 4. The second kappa shape index (κ2) is 5.22. The molecule has 1 heterocycles. The van der Waals surface area contributed by atoms with Crippen molar-refractivity contribution in [2.75, 3.05) is 13.2 Å². The molecular weight excluding hydrogens is 218 g/mol. The van der Waals surface area contributed by atoms with Gasteiger partial charge in [-0.1, -0.05) is 6.92 Å². The van der Waals surface area contributed by atoms with E-state index >= 15 is 0 Å². The van der Waals surface area contributed by atoms with Gasteiger partial charge in [-0.3, -0.25) is 0 Å². The molecule has 0 radical (unpaired) electrons. The lowest BCUT2D eigenvalue weighted by Crippen LogP contribution is -2.51. The fourth-order valence-electron chi connectivity index (χ4n) is 2.61. The van der Waals surface area contributed by atoms with Crippen LogP contribution in [-0.2, 0) is 9.47 Å². The summed E-state index contributed by atoms with van der Waals surface area (Å²) in [5.74, 6) is 0.772. The molecule has 0 aromatic heterocycles. The van der Waals surface area contributed by atoms with Crippen LogP contribution in [-0.4, -0.2) is 42.2 Å². The first kappa shape index (κ1) is 13.3. The molecule has 1 saturated heterocycles. The molecule has 0 aromatic carbocycles. The van der Waals surface area contributed by atoms with Crippen molar-refractivity contribution in [3.05, 3.63) is 0 Å². The Balaban J connectivity index is 1.73. The van der Waals surface area contributed by atoms with Gasteiger partial charge in [0.2, 0.25) is 0 Å². The molecule has 3 atom stereocenters. The summed E-state index contributed by atoms with van der Waals surface area (Å²) in [5.41, 5.74) is 4.88. The minimum atomic E-state index is -0.890. The van der Waals surface area contributed by atoms with E-state index in [1.807, 2.05) is 0 Å². The van der Waals surface area contributed by atoms with Crippen LogP contribution in [0.4, 0.5) is 0 Å². The summed E-state index contributed by atoms with van der Waals surface area (Å²) in [6.07, 6.45) is 4.17. The van der Waals surface area contributed by atoms with Gasteiger partial charge in [-0.2, -0.15) is 0 Å². The minimum Gasteiger partial charge on any atom is -0.385 e. The molecule has 17 heavy (non-hydrogen) atoms. The highest BCUT2D eigenvalue weighted by Crippen LogP contribution is 2.31. The smallest absolute Gasteiger partial charge is 0.111 e. The van der Waals surface area contributed by atoms with Crippen molar-refractivity contribution < 1.29 is 14.6 Å². The van der Waals surface area contributed by atoms with Crippen LogP contribution >= 0.6 is 0 Å². The van der Waals surface area contributed by atoms with E-state index in [9.17, 15) is 5.11 Å². The third-order valence-electron chi connectivity index (χ3n) is 3.95. The van der Waals surface area contributed by atoms with Crippen LogP contribution in [0.5, 0.6) is 0 Å². The number of nitrogens with two attached hydrogens (primary N) is 1. The Labute approximate surface area is 103 Å². The Morgan fingerprint density at radius 3 is 2.65 bits per heavy atom. The van der Waals surface area contributed by atoms with Gasteiger partial charge in [0.25, 0.3) is 0 Å². The molecular formula is C13H25NO3. The SMILES string of the molecule is CC1CC(OCC(C)(O)[C@@H]2CC[C@@H](N)CO2)C1. The lowest BCUT2D eigenvalue weighted by atomic mass is 9.84. The molecule has 1 unspecified atom stereocenters. The Kier molecular flexibility index (Phi) is 4.08. The highest BCUT2D eigenvalue weighted by Gasteiger charge is 2.37. The molecule has 0 amide bonds. The molecule has 1 aliphatic heterocycles. The number of ether oxygens (including phenoxy) is 2. The van der Waals surface area contributed by atoms with Gasteiger partial charge in [0.05, 0.1) is 25.4 Å². The summed E-state index contributed by atoms with van der Waals surface area (Å²) >= 11 is 0. The topological polar surface area (TPSA) is 64.7 Å². The Bertz CT molecular complexity index is 243. The van der Waals surface area contributed by atoms with Crippen molar-refractivity contribution in [3.8, 4) is 0 Å². The van der Waals surface area contributed by atoms with E-state index in [2.05, 4.69) is 6.92 Å². The van der Waals surface area contributed by atoms with Crippen LogP contribution in [0.1, 0.15) is 39.5 Å². The zero-order valence-electron chi connectivity index (χ0n) is 10.9. The Morgan fingerprint density at radius 1 is 1.41 bits per heavy atom. The van der Waals surface area contributed by atoms with Gasteiger partial charge in [0.15, 0.2) is 0 Å². The van der Waals surface area contributed by atoms with E-state index in [1.165, 1.54) is 0 Å². The molecule has 4 nitrogen and oxygen atoms in total. The summed E-state index contributed by atoms with van der Waals surface area (Å²) in [6, 6.07) is 0.121. The molecule has 0 bridgehead atoms. The summed E-state index contributed by atoms with van der Waals surface area (Å²) in [5, 5.41) is 10.4. The fraction of sp³-hybridized carbons (Fsp3) is 1.00. The van der Waals surface area contributed by atoms with Crippen LogP contribution in [0, 0.1) is 5.92 Å². The number of aliphatic hydroxyl groups is 1. The van der Waals surface area contributed by atoms with E-state index in [0.717, 1.165) is 31.6 Å². The predicted molar refractivity (Wildman–Crippen MR) is 65.7 cm³/mol. The molecule has 2 fully saturated rings. The minimum absolute atomic E-state index is 0.121. The van der Waals surface area contributed by atoms with Gasteiger partial charge in [0, 0.05) is 6.04 Å². The largest absolute Gasteiger partial charge is 0.385 e. The van der Waals surface area contributed by atoms with Crippen LogP contribution in [0.2, 0.25) is 0 Å². The monoisotopic (exact) mass is 243 g/mol. The van der Waals surface area contributed by atoms with Crippen LogP contribution in [0.3, 0.4) is 0 Å². The Hall–Kier alpha value is -0.160. The maximum absolute atomic E-state index is 10.4. The first-order valence-electron chi connectivity index (χ1n) is 6.68. The Morgan fingerprint density at radius 2 is 2.12 bits per heavy atom. The van der Waals surface area contributed by atoms with E-state index in [0.29, 0.717) is 19.3 Å². The number of hydrogen-bond donors (Lipinski definition) is 2. The van der Waals surface area contributed by atoms with Gasteiger partial charge in [0.1, 0.15) is 5.60 Å². The first-order chi connectivity index (χ1) is 7.97. The molecule has 1 saturated carbocycles. The lowest BCUT2D eigenvalue weighted by Gasteiger charge is -2.39. The zero-order valence-corrected chi connectivity index (χ0v) is 10.9. The molecule has 4 heteroatoms. The van der Waals surface area contributed by atoms with Crippen LogP contribution in [0.15, 0.2) is 0 Å². The van der Waals surface area contributed by atoms with Crippen LogP contribution in [0.25, 0.3) is 0 Å². The van der Waals surface area contributed by atoms with E-state index in [1.54, 1.807) is 6.92 Å². The summed E-state index contributed by atoms with van der Waals surface area (Å²) in [7, 11) is 0. The summed E-state index contributed by atoms with van der Waals surface area (Å²) in [6.45, 7) is 4.94. The fourth-order valence-corrected chi connectivity index (χ4v) is 2.61. The van der Waals surface area contributed by atoms with E-state index in [4.69, 9.17) is 15.2 Å². The average Bonchev–Trinajstić information content (AvgIpc) is 2.23. The van der Waals surface area contributed by atoms with Crippen molar-refractivity contribution in [1.82, 2.24) is 0 Å². The van der Waals surface area contributed by atoms with Crippen molar-refractivity contribution in [3.63, 3.8) is 0 Å². The van der Waals surface area contributed by atoms with Gasteiger partial charge in [-0.05, 0) is 38.5 Å². The molecule has 1 aliphatic carbocycles. The summed E-state index contributed by atoms with van der Waals surface area (Å²) in [4.78, 5) is 0. The third kappa shape index (κ3) is 3.41. The first-order valence-corrected chi connectivity index (χ1v) is 6.68. The molecule has 2 aliphatic rings. The molecule has 2 rings (SSSR count). The maximum atomic E-state index is 10.4. The normalized spacial score (nSPS) is 41.6. The quantitative estimate of drug-likeness (QED) is 0.775. The second-order valence-corrected chi connectivity index (χ2v) is 6.03.